The van der Waals surface area contributed by atoms with Crippen molar-refractivity contribution in [1.29, 1.82) is 0 Å². The van der Waals surface area contributed by atoms with Crippen molar-refractivity contribution in [2.45, 2.75) is 46.1 Å². The average molecular weight is 361 g/mol. The number of benzene rings is 1. The topological polar surface area (TPSA) is 74.8 Å². The molecule has 144 valence electrons. The molecular weight excluding hydrogens is 328 g/mol. The minimum Gasteiger partial charge on any atom is -0.382 e. The van der Waals surface area contributed by atoms with Gasteiger partial charge in [-0.1, -0.05) is 18.6 Å². The van der Waals surface area contributed by atoms with Crippen LogP contribution in [0.15, 0.2) is 29.3 Å². The zero-order valence-electron chi connectivity index (χ0n) is 16.0. The second-order valence-corrected chi connectivity index (χ2v) is 6.49. The van der Waals surface area contributed by atoms with Gasteiger partial charge in [0, 0.05) is 37.9 Å². The van der Waals surface area contributed by atoms with Crippen molar-refractivity contribution in [1.82, 2.24) is 10.6 Å². The molecule has 1 amide bonds. The lowest BCUT2D eigenvalue weighted by atomic mass is 9.85. The number of ether oxygens (including phenoxy) is 1. The fourth-order valence-corrected chi connectivity index (χ4v) is 2.70. The summed E-state index contributed by atoms with van der Waals surface area (Å²) in [4.78, 5) is 16.7. The number of anilines is 1. The number of hydrogen-bond donors (Lipinski definition) is 3. The molecule has 3 N–H and O–H groups in total. The molecule has 1 aromatic carbocycles. The standard InChI is InChI=1S/C20H32N4O2/c1-3-21-20(22-12-7-13-26-4-2)23-15-16-8-5-11-18(14-16)24-19(25)17-9-6-10-17/h5,8,11,14,17H,3-4,6-7,9-10,12-13,15H2,1-2H3,(H,24,25)(H2,21,22,23). The maximum absolute atomic E-state index is 12.1. The lowest BCUT2D eigenvalue weighted by Crippen LogP contribution is -2.38. The van der Waals surface area contributed by atoms with E-state index in [0.717, 1.165) is 69.2 Å². The van der Waals surface area contributed by atoms with E-state index in [1.165, 1.54) is 0 Å². The van der Waals surface area contributed by atoms with Crippen LogP contribution in [0, 0.1) is 5.92 Å². The molecule has 26 heavy (non-hydrogen) atoms. The van der Waals surface area contributed by atoms with Gasteiger partial charge in [0.05, 0.1) is 6.54 Å². The van der Waals surface area contributed by atoms with Crippen LogP contribution >= 0.6 is 0 Å². The van der Waals surface area contributed by atoms with Gasteiger partial charge in [-0.3, -0.25) is 4.79 Å². The Labute approximate surface area is 156 Å². The summed E-state index contributed by atoms with van der Waals surface area (Å²) >= 11 is 0. The van der Waals surface area contributed by atoms with Gasteiger partial charge in [-0.25, -0.2) is 4.99 Å². The largest absolute Gasteiger partial charge is 0.382 e. The van der Waals surface area contributed by atoms with E-state index < -0.39 is 0 Å². The summed E-state index contributed by atoms with van der Waals surface area (Å²) in [5, 5.41) is 9.58. The number of aliphatic imine (C=N–C) groups is 1. The molecule has 1 aromatic rings. The molecule has 0 spiro atoms. The highest BCUT2D eigenvalue weighted by Crippen LogP contribution is 2.27. The van der Waals surface area contributed by atoms with E-state index in [4.69, 9.17) is 4.74 Å². The van der Waals surface area contributed by atoms with Crippen molar-refractivity contribution >= 4 is 17.6 Å². The number of hydrogen-bond acceptors (Lipinski definition) is 3. The molecule has 2 rings (SSSR count). The smallest absolute Gasteiger partial charge is 0.227 e. The predicted molar refractivity (Wildman–Crippen MR) is 106 cm³/mol. The first-order valence-electron chi connectivity index (χ1n) is 9.72. The van der Waals surface area contributed by atoms with E-state index in [2.05, 4.69) is 20.9 Å². The van der Waals surface area contributed by atoms with Crippen molar-refractivity contribution in [2.24, 2.45) is 10.9 Å². The number of rotatable bonds is 10. The molecule has 1 saturated carbocycles. The van der Waals surface area contributed by atoms with Crippen LogP contribution in [0.5, 0.6) is 0 Å². The number of carbonyl (C=O) groups excluding carboxylic acids is 1. The molecule has 0 unspecified atom stereocenters. The van der Waals surface area contributed by atoms with Gasteiger partial charge >= 0.3 is 0 Å². The first kappa shape index (κ1) is 20.2. The third kappa shape index (κ3) is 7.04. The minimum absolute atomic E-state index is 0.140. The average Bonchev–Trinajstić information content (AvgIpc) is 2.58. The Bertz CT molecular complexity index is 585. The Morgan fingerprint density at radius 3 is 2.81 bits per heavy atom. The summed E-state index contributed by atoms with van der Waals surface area (Å²) in [6, 6.07) is 7.92. The van der Waals surface area contributed by atoms with Gasteiger partial charge in [-0.15, -0.1) is 0 Å². The Kier molecular flexibility index (Phi) is 8.96. The fourth-order valence-electron chi connectivity index (χ4n) is 2.70. The zero-order valence-corrected chi connectivity index (χ0v) is 16.0. The molecule has 0 radical (unpaired) electrons. The maximum Gasteiger partial charge on any atom is 0.227 e. The van der Waals surface area contributed by atoms with Gasteiger partial charge in [0.2, 0.25) is 5.91 Å². The van der Waals surface area contributed by atoms with Crippen molar-refractivity contribution in [3.8, 4) is 0 Å². The quantitative estimate of drug-likeness (QED) is 0.341. The molecular formula is C20H32N4O2. The second-order valence-electron chi connectivity index (χ2n) is 6.49. The van der Waals surface area contributed by atoms with Crippen LogP contribution in [0.25, 0.3) is 0 Å². The number of nitrogens with zero attached hydrogens (tertiary/aromatic N) is 1. The molecule has 6 nitrogen and oxygen atoms in total. The highest BCUT2D eigenvalue weighted by molar-refractivity contribution is 5.93. The van der Waals surface area contributed by atoms with E-state index in [0.29, 0.717) is 6.54 Å². The highest BCUT2D eigenvalue weighted by Gasteiger charge is 2.25. The molecule has 0 bridgehead atoms. The van der Waals surface area contributed by atoms with E-state index >= 15 is 0 Å². The van der Waals surface area contributed by atoms with Gasteiger partial charge in [-0.2, -0.15) is 0 Å². The van der Waals surface area contributed by atoms with E-state index in [9.17, 15) is 4.79 Å². The van der Waals surface area contributed by atoms with Crippen molar-refractivity contribution in [2.75, 3.05) is 31.6 Å². The normalized spacial score (nSPS) is 14.6. The fraction of sp³-hybridized carbons (Fsp3) is 0.600. The number of amides is 1. The second kappa shape index (κ2) is 11.5. The van der Waals surface area contributed by atoms with Gasteiger partial charge in [0.1, 0.15) is 0 Å². The molecule has 1 aliphatic rings. The Morgan fingerprint density at radius 1 is 1.27 bits per heavy atom. The Hall–Kier alpha value is -2.08. The summed E-state index contributed by atoms with van der Waals surface area (Å²) in [5.41, 5.74) is 1.92. The Balaban J connectivity index is 1.84. The van der Waals surface area contributed by atoms with E-state index in [-0.39, 0.29) is 11.8 Å². The van der Waals surface area contributed by atoms with E-state index in [1.807, 2.05) is 38.1 Å². The molecule has 0 saturated heterocycles. The molecule has 1 fully saturated rings. The minimum atomic E-state index is 0.140. The maximum atomic E-state index is 12.1. The zero-order chi connectivity index (χ0) is 18.6. The van der Waals surface area contributed by atoms with Gasteiger partial charge in [-0.05, 0) is 50.8 Å². The molecule has 6 heteroatoms. The van der Waals surface area contributed by atoms with Crippen LogP contribution < -0.4 is 16.0 Å². The Morgan fingerprint density at radius 2 is 2.12 bits per heavy atom. The van der Waals surface area contributed by atoms with Crippen molar-refractivity contribution < 1.29 is 9.53 Å². The van der Waals surface area contributed by atoms with Gasteiger partial charge < -0.3 is 20.7 Å². The lowest BCUT2D eigenvalue weighted by molar-refractivity contribution is -0.122. The monoisotopic (exact) mass is 360 g/mol. The van der Waals surface area contributed by atoms with Crippen LogP contribution in [-0.4, -0.2) is 38.2 Å². The van der Waals surface area contributed by atoms with Gasteiger partial charge in [0.25, 0.3) is 0 Å². The van der Waals surface area contributed by atoms with Crippen LogP contribution in [0.1, 0.15) is 45.1 Å². The molecule has 0 heterocycles. The molecule has 1 aliphatic carbocycles. The van der Waals surface area contributed by atoms with Crippen molar-refractivity contribution in [3.63, 3.8) is 0 Å². The van der Waals surface area contributed by atoms with Crippen LogP contribution in [-0.2, 0) is 16.1 Å². The summed E-state index contributed by atoms with van der Waals surface area (Å²) in [5.74, 6) is 1.13. The lowest BCUT2D eigenvalue weighted by Gasteiger charge is -2.24. The van der Waals surface area contributed by atoms with Crippen LogP contribution in [0.4, 0.5) is 5.69 Å². The summed E-state index contributed by atoms with van der Waals surface area (Å²) < 4.78 is 5.34. The van der Waals surface area contributed by atoms with E-state index in [1.54, 1.807) is 0 Å². The summed E-state index contributed by atoms with van der Waals surface area (Å²) in [6.07, 6.45) is 4.13. The van der Waals surface area contributed by atoms with Crippen molar-refractivity contribution in [3.05, 3.63) is 29.8 Å². The molecule has 0 aromatic heterocycles. The summed E-state index contributed by atoms with van der Waals surface area (Å²) in [7, 11) is 0. The SMILES string of the molecule is CCNC(=NCc1cccc(NC(=O)C2CCC2)c1)NCCCOCC. The van der Waals surface area contributed by atoms with Crippen LogP contribution in [0.2, 0.25) is 0 Å². The van der Waals surface area contributed by atoms with Gasteiger partial charge in [0.15, 0.2) is 5.96 Å². The van der Waals surface area contributed by atoms with Crippen LogP contribution in [0.3, 0.4) is 0 Å². The first-order chi connectivity index (χ1) is 12.7. The third-order valence-corrected chi connectivity index (χ3v) is 4.40. The first-order valence-corrected chi connectivity index (χ1v) is 9.72. The predicted octanol–water partition coefficient (Wildman–Crippen LogP) is 2.91. The molecule has 0 aliphatic heterocycles. The molecule has 0 atom stereocenters. The summed E-state index contributed by atoms with van der Waals surface area (Å²) in [6.45, 7) is 7.76. The third-order valence-electron chi connectivity index (χ3n) is 4.40. The number of carbonyl (C=O) groups is 1. The number of guanidine groups is 1. The number of nitrogens with one attached hydrogen (secondary N) is 3. The highest BCUT2D eigenvalue weighted by atomic mass is 16.5.